The van der Waals surface area contributed by atoms with E-state index in [0.717, 1.165) is 28.2 Å². The summed E-state index contributed by atoms with van der Waals surface area (Å²) in [5, 5.41) is 9.22. The van der Waals surface area contributed by atoms with Crippen molar-refractivity contribution >= 4 is 5.91 Å². The average molecular weight is 416 g/mol. The van der Waals surface area contributed by atoms with Crippen LogP contribution < -0.4 is 0 Å². The van der Waals surface area contributed by atoms with Crippen LogP contribution in [0.25, 0.3) is 11.3 Å². The molecule has 31 heavy (non-hydrogen) atoms. The zero-order valence-electron chi connectivity index (χ0n) is 17.9. The molecule has 0 N–H and O–H groups in total. The molecule has 0 aliphatic carbocycles. The molecular formula is C23H25N7O. The number of aromatic nitrogens is 6. The Balaban J connectivity index is 1.57. The second-order valence-electron chi connectivity index (χ2n) is 8.23. The van der Waals surface area contributed by atoms with Crippen LogP contribution in [0.3, 0.4) is 0 Å². The highest BCUT2D eigenvalue weighted by Gasteiger charge is 2.29. The van der Waals surface area contributed by atoms with Crippen molar-refractivity contribution in [1.29, 1.82) is 0 Å². The zero-order valence-corrected chi connectivity index (χ0v) is 17.9. The number of nitrogens with zero attached hydrogens (tertiary/aromatic N) is 7. The van der Waals surface area contributed by atoms with E-state index in [9.17, 15) is 4.79 Å². The summed E-state index contributed by atoms with van der Waals surface area (Å²) in [6.07, 6.45) is 7.71. The van der Waals surface area contributed by atoms with Gasteiger partial charge in [0.05, 0.1) is 31.0 Å². The lowest BCUT2D eigenvalue weighted by atomic mass is 10.1. The van der Waals surface area contributed by atoms with Gasteiger partial charge in [-0.1, -0.05) is 6.07 Å². The van der Waals surface area contributed by atoms with Crippen LogP contribution in [0.5, 0.6) is 0 Å². The molecule has 0 unspecified atom stereocenters. The summed E-state index contributed by atoms with van der Waals surface area (Å²) in [4.78, 5) is 19.6. The van der Waals surface area contributed by atoms with Crippen molar-refractivity contribution in [3.8, 4) is 11.3 Å². The lowest BCUT2D eigenvalue weighted by molar-refractivity contribution is 0.0721. The van der Waals surface area contributed by atoms with Crippen molar-refractivity contribution in [2.75, 3.05) is 0 Å². The maximum atomic E-state index is 13.3. The molecule has 158 valence electrons. The van der Waals surface area contributed by atoms with Crippen LogP contribution in [0.1, 0.15) is 47.3 Å². The fourth-order valence-corrected chi connectivity index (χ4v) is 4.17. The Labute approximate surface area is 180 Å². The van der Waals surface area contributed by atoms with E-state index in [-0.39, 0.29) is 11.9 Å². The van der Waals surface area contributed by atoms with Crippen molar-refractivity contribution in [2.24, 2.45) is 7.05 Å². The summed E-state index contributed by atoms with van der Waals surface area (Å²) in [7, 11) is 1.82. The second kappa shape index (κ2) is 7.54. The molecule has 0 spiro atoms. The van der Waals surface area contributed by atoms with Gasteiger partial charge in [0, 0.05) is 54.7 Å². The predicted octanol–water partition coefficient (Wildman–Crippen LogP) is 3.27. The molecule has 0 fully saturated rings. The highest BCUT2D eigenvalue weighted by atomic mass is 16.2. The van der Waals surface area contributed by atoms with Crippen molar-refractivity contribution in [2.45, 2.75) is 39.5 Å². The summed E-state index contributed by atoms with van der Waals surface area (Å²) >= 11 is 0. The highest BCUT2D eigenvalue weighted by molar-refractivity contribution is 5.92. The molecule has 4 aromatic heterocycles. The van der Waals surface area contributed by atoms with Crippen LogP contribution in [0.15, 0.2) is 55.1 Å². The van der Waals surface area contributed by atoms with Gasteiger partial charge >= 0.3 is 0 Å². The van der Waals surface area contributed by atoms with Crippen molar-refractivity contribution < 1.29 is 4.79 Å². The van der Waals surface area contributed by atoms with Gasteiger partial charge in [0.15, 0.2) is 0 Å². The third-order valence-electron chi connectivity index (χ3n) is 5.65. The number of hydrogen-bond acceptors (Lipinski definition) is 4. The van der Waals surface area contributed by atoms with Crippen LogP contribution in [0, 0.1) is 0 Å². The molecule has 0 atom stereocenters. The first-order chi connectivity index (χ1) is 15.0. The Hall–Kier alpha value is -3.68. The molecule has 5 rings (SSSR count). The molecule has 5 heterocycles. The van der Waals surface area contributed by atoms with Gasteiger partial charge in [-0.25, -0.2) is 0 Å². The van der Waals surface area contributed by atoms with E-state index in [1.54, 1.807) is 23.1 Å². The smallest absolute Gasteiger partial charge is 0.275 e. The van der Waals surface area contributed by atoms with Gasteiger partial charge in [-0.05, 0) is 38.1 Å². The molecule has 1 amide bonds. The molecule has 1 aliphatic heterocycles. The quantitative estimate of drug-likeness (QED) is 0.513. The van der Waals surface area contributed by atoms with E-state index in [1.165, 1.54) is 0 Å². The number of carbonyl (C=O) groups is 1. The molecule has 1 aliphatic rings. The standard InChI is InChI=1S/C23H25N7O/c1-16(2)30-11-7-19-21(30)15-28(23(31)20-8-10-27(3)25-20)12-17-13-29(26-22(17)19)14-18-6-4-5-9-24-18/h4-11,13,16H,12,14-15H2,1-3H3. The predicted molar refractivity (Wildman–Crippen MR) is 116 cm³/mol. The number of carbonyl (C=O) groups excluding carboxylic acids is 1. The van der Waals surface area contributed by atoms with Gasteiger partial charge in [-0.3, -0.25) is 19.1 Å². The molecule has 8 nitrogen and oxygen atoms in total. The van der Waals surface area contributed by atoms with E-state index < -0.39 is 0 Å². The maximum absolute atomic E-state index is 13.3. The minimum Gasteiger partial charge on any atom is -0.347 e. The third kappa shape index (κ3) is 3.54. The fourth-order valence-electron chi connectivity index (χ4n) is 4.17. The van der Waals surface area contributed by atoms with Gasteiger partial charge in [0.25, 0.3) is 5.91 Å². The fraction of sp³-hybridized carbons (Fsp3) is 0.304. The Morgan fingerprint density at radius 1 is 1.10 bits per heavy atom. The number of fused-ring (bicyclic) bond motifs is 3. The van der Waals surface area contributed by atoms with Crippen LogP contribution in [0.2, 0.25) is 0 Å². The lowest BCUT2D eigenvalue weighted by Gasteiger charge is -2.22. The van der Waals surface area contributed by atoms with Crippen LogP contribution in [0.4, 0.5) is 0 Å². The normalized spacial score (nSPS) is 13.2. The third-order valence-corrected chi connectivity index (χ3v) is 5.65. The number of amides is 1. The number of aryl methyl sites for hydroxylation is 1. The number of hydrogen-bond donors (Lipinski definition) is 0. The summed E-state index contributed by atoms with van der Waals surface area (Å²) < 4.78 is 5.79. The van der Waals surface area contributed by atoms with Crippen molar-refractivity contribution in [1.82, 2.24) is 34.0 Å². The topological polar surface area (TPSA) is 73.8 Å². The van der Waals surface area contributed by atoms with Gasteiger partial charge in [0.1, 0.15) is 5.69 Å². The summed E-state index contributed by atoms with van der Waals surface area (Å²) in [5.74, 6) is -0.0756. The molecule has 8 heteroatoms. The summed E-state index contributed by atoms with van der Waals surface area (Å²) in [5.41, 5.74) is 5.54. The zero-order chi connectivity index (χ0) is 21.5. The first kappa shape index (κ1) is 19.3. The van der Waals surface area contributed by atoms with E-state index in [4.69, 9.17) is 5.10 Å². The minimum atomic E-state index is -0.0756. The summed E-state index contributed by atoms with van der Waals surface area (Å²) in [6, 6.07) is 10.0. The van der Waals surface area contributed by atoms with Gasteiger partial charge in [-0.2, -0.15) is 10.2 Å². The Morgan fingerprint density at radius 3 is 2.68 bits per heavy atom. The van der Waals surface area contributed by atoms with Gasteiger partial charge < -0.3 is 9.47 Å². The molecule has 4 aromatic rings. The second-order valence-corrected chi connectivity index (χ2v) is 8.23. The largest absolute Gasteiger partial charge is 0.347 e. The Bertz CT molecular complexity index is 1230. The summed E-state index contributed by atoms with van der Waals surface area (Å²) in [6.45, 7) is 5.89. The van der Waals surface area contributed by atoms with Crippen molar-refractivity contribution in [3.05, 3.63) is 77.8 Å². The molecule has 0 saturated heterocycles. The lowest BCUT2D eigenvalue weighted by Crippen LogP contribution is -2.30. The maximum Gasteiger partial charge on any atom is 0.275 e. The highest BCUT2D eigenvalue weighted by Crippen LogP contribution is 2.34. The van der Waals surface area contributed by atoms with E-state index in [1.807, 2.05) is 41.0 Å². The molecule has 0 aromatic carbocycles. The van der Waals surface area contributed by atoms with Gasteiger partial charge in [0.2, 0.25) is 0 Å². The van der Waals surface area contributed by atoms with E-state index in [0.29, 0.717) is 25.3 Å². The SMILES string of the molecule is CC(C)n1ccc2c1CN(C(=O)c1ccn(C)n1)Cc1cn(Cc3ccccn3)nc1-2. The average Bonchev–Trinajstić information content (AvgIpc) is 3.45. The first-order valence-electron chi connectivity index (χ1n) is 10.4. The van der Waals surface area contributed by atoms with Crippen LogP contribution >= 0.6 is 0 Å². The Morgan fingerprint density at radius 2 is 1.97 bits per heavy atom. The number of pyridine rings is 1. The molecule has 0 bridgehead atoms. The van der Waals surface area contributed by atoms with Crippen LogP contribution in [-0.2, 0) is 26.7 Å². The monoisotopic (exact) mass is 415 g/mol. The minimum absolute atomic E-state index is 0.0756. The van der Waals surface area contributed by atoms with Crippen LogP contribution in [-0.4, -0.2) is 39.9 Å². The molecule has 0 radical (unpaired) electrons. The van der Waals surface area contributed by atoms with E-state index in [2.05, 4.69) is 40.8 Å². The van der Waals surface area contributed by atoms with E-state index >= 15 is 0 Å². The molecule has 0 saturated carbocycles. The first-order valence-corrected chi connectivity index (χ1v) is 10.4. The van der Waals surface area contributed by atoms with Crippen molar-refractivity contribution in [3.63, 3.8) is 0 Å². The van der Waals surface area contributed by atoms with Gasteiger partial charge in [-0.15, -0.1) is 0 Å². The Kier molecular flexibility index (Phi) is 4.69. The number of rotatable bonds is 4. The molecular weight excluding hydrogens is 390 g/mol.